The van der Waals surface area contributed by atoms with Gasteiger partial charge in [0.1, 0.15) is 11.4 Å². The van der Waals surface area contributed by atoms with Crippen LogP contribution in [0.3, 0.4) is 0 Å². The van der Waals surface area contributed by atoms with Gasteiger partial charge in [-0.05, 0) is 68.2 Å². The molecule has 2 heterocycles. The Hall–Kier alpha value is -3.33. The molecule has 0 bridgehead atoms. The number of hydrogen-bond donors (Lipinski definition) is 0. The summed E-state index contributed by atoms with van der Waals surface area (Å²) in [4.78, 5) is 42.9. The molecule has 2 aromatic carbocycles. The van der Waals surface area contributed by atoms with Crippen LogP contribution in [-0.4, -0.2) is 60.2 Å². The summed E-state index contributed by atoms with van der Waals surface area (Å²) in [5, 5.41) is 0. The highest BCUT2D eigenvalue weighted by Gasteiger charge is 2.33. The van der Waals surface area contributed by atoms with Crippen molar-refractivity contribution in [3.05, 3.63) is 64.1 Å². The topological polar surface area (TPSA) is 79.4 Å². The summed E-state index contributed by atoms with van der Waals surface area (Å²) in [5.74, 6) is 0.534. The van der Waals surface area contributed by atoms with Crippen molar-refractivity contribution in [1.82, 2.24) is 9.80 Å². The lowest BCUT2D eigenvalue weighted by Crippen LogP contribution is -2.52. The van der Waals surface area contributed by atoms with Crippen LogP contribution in [0.25, 0.3) is 5.57 Å². The fraction of sp³-hybridized carbons (Fsp3) is 0.393. The smallest absolute Gasteiger partial charge is 0.410 e. The fourth-order valence-corrected chi connectivity index (χ4v) is 4.96. The average Bonchev–Trinajstić information content (AvgIpc) is 2.86. The van der Waals surface area contributed by atoms with E-state index in [0.29, 0.717) is 26.1 Å². The van der Waals surface area contributed by atoms with E-state index in [2.05, 4.69) is 15.9 Å². The first-order valence-electron chi connectivity index (χ1n) is 12.3. The molecule has 0 aliphatic carbocycles. The number of hydrogen-bond acceptors (Lipinski definition) is 5. The Bertz CT molecular complexity index is 1220. The van der Waals surface area contributed by atoms with E-state index in [1.165, 1.54) is 4.90 Å². The molecule has 4 amide bonds. The highest BCUT2D eigenvalue weighted by molar-refractivity contribution is 9.10. The van der Waals surface area contributed by atoms with Gasteiger partial charge in [0.05, 0.1) is 13.7 Å². The molecular weight excluding hydrogens is 538 g/mol. The van der Waals surface area contributed by atoms with Crippen molar-refractivity contribution in [2.45, 2.75) is 45.8 Å². The van der Waals surface area contributed by atoms with Gasteiger partial charge in [0.25, 0.3) is 0 Å². The Morgan fingerprint density at radius 2 is 1.76 bits per heavy atom. The molecular formula is C28H32BrN3O5. The van der Waals surface area contributed by atoms with E-state index in [4.69, 9.17) is 9.47 Å². The number of nitrogens with zero attached hydrogens (tertiary/aromatic N) is 3. The van der Waals surface area contributed by atoms with Gasteiger partial charge in [0, 0.05) is 36.2 Å². The summed E-state index contributed by atoms with van der Waals surface area (Å²) in [6.07, 6.45) is 2.68. The molecule has 0 saturated carbocycles. The summed E-state index contributed by atoms with van der Waals surface area (Å²) in [7, 11) is 1.59. The molecule has 196 valence electrons. The number of imide groups is 1. The van der Waals surface area contributed by atoms with E-state index in [-0.39, 0.29) is 31.0 Å². The lowest BCUT2D eigenvalue weighted by atomic mass is 9.99. The third-order valence-electron chi connectivity index (χ3n) is 6.28. The number of anilines is 1. The minimum Gasteiger partial charge on any atom is -0.497 e. The Labute approximate surface area is 225 Å². The first-order valence-corrected chi connectivity index (χ1v) is 13.1. The molecule has 2 aliphatic heterocycles. The Balaban J connectivity index is 1.46. The number of methoxy groups -OCH3 is 1. The van der Waals surface area contributed by atoms with E-state index in [1.807, 2.05) is 69.3 Å². The van der Waals surface area contributed by atoms with Crippen LogP contribution in [0.4, 0.5) is 15.3 Å². The molecule has 0 aromatic heterocycles. The van der Waals surface area contributed by atoms with Crippen molar-refractivity contribution in [3.63, 3.8) is 0 Å². The molecule has 2 aromatic rings. The predicted molar refractivity (Wildman–Crippen MR) is 145 cm³/mol. The Morgan fingerprint density at radius 3 is 2.35 bits per heavy atom. The molecule has 9 heteroatoms. The second kappa shape index (κ2) is 11.0. The zero-order chi connectivity index (χ0) is 26.7. The van der Waals surface area contributed by atoms with Crippen LogP contribution < -0.4 is 9.64 Å². The van der Waals surface area contributed by atoms with Crippen LogP contribution >= 0.6 is 15.9 Å². The second-order valence-corrected chi connectivity index (χ2v) is 10.9. The van der Waals surface area contributed by atoms with Crippen LogP contribution in [0.1, 0.15) is 44.7 Å². The maximum Gasteiger partial charge on any atom is 0.410 e. The van der Waals surface area contributed by atoms with Crippen LogP contribution in [0.15, 0.2) is 53.0 Å². The average molecular weight is 570 g/mol. The minimum absolute atomic E-state index is 0.186. The molecule has 0 N–H and O–H groups in total. The summed E-state index contributed by atoms with van der Waals surface area (Å²) in [6, 6.07) is 12.8. The molecule has 1 saturated heterocycles. The van der Waals surface area contributed by atoms with Gasteiger partial charge in [-0.3, -0.25) is 14.6 Å². The monoisotopic (exact) mass is 569 g/mol. The Kier molecular flexibility index (Phi) is 7.92. The largest absolute Gasteiger partial charge is 0.497 e. The number of carbonyl (C=O) groups is 3. The Morgan fingerprint density at radius 1 is 1.03 bits per heavy atom. The quantitative estimate of drug-likeness (QED) is 0.452. The first kappa shape index (κ1) is 26.7. The fourth-order valence-electron chi connectivity index (χ4n) is 4.34. The van der Waals surface area contributed by atoms with Gasteiger partial charge in [-0.1, -0.05) is 40.2 Å². The number of amides is 4. The lowest BCUT2D eigenvalue weighted by molar-refractivity contribution is -0.129. The summed E-state index contributed by atoms with van der Waals surface area (Å²) in [6.45, 7) is 7.16. The van der Waals surface area contributed by atoms with Crippen molar-refractivity contribution in [2.24, 2.45) is 0 Å². The maximum atomic E-state index is 13.3. The molecule has 0 spiro atoms. The van der Waals surface area contributed by atoms with Gasteiger partial charge in [0.15, 0.2) is 0 Å². The molecule has 4 rings (SSSR count). The van der Waals surface area contributed by atoms with Crippen molar-refractivity contribution >= 4 is 45.2 Å². The van der Waals surface area contributed by atoms with E-state index in [1.54, 1.807) is 16.9 Å². The highest BCUT2D eigenvalue weighted by atomic mass is 79.9. The molecule has 37 heavy (non-hydrogen) atoms. The van der Waals surface area contributed by atoms with Crippen molar-refractivity contribution in [2.75, 3.05) is 31.6 Å². The van der Waals surface area contributed by atoms with Crippen molar-refractivity contribution < 1.29 is 23.9 Å². The van der Waals surface area contributed by atoms with E-state index in [9.17, 15) is 14.4 Å². The van der Waals surface area contributed by atoms with Gasteiger partial charge < -0.3 is 14.4 Å². The maximum absolute atomic E-state index is 13.3. The molecule has 0 radical (unpaired) electrons. The standard InChI is InChI=1S/C28H32BrN3O5/c1-28(2,3)37-27(35)30-14-11-20(12-15-30)23-10-7-21(17-24(23)29)31-16-13-25(33)32(26(31)34)18-19-5-8-22(36-4)9-6-19/h5-11,17H,12-16,18H2,1-4H3. The third kappa shape index (κ3) is 6.33. The second-order valence-electron chi connectivity index (χ2n) is 10.1. The van der Waals surface area contributed by atoms with Gasteiger partial charge in [-0.15, -0.1) is 0 Å². The number of halogens is 1. The van der Waals surface area contributed by atoms with E-state index in [0.717, 1.165) is 32.6 Å². The molecule has 0 atom stereocenters. The molecule has 8 nitrogen and oxygen atoms in total. The van der Waals surface area contributed by atoms with Crippen LogP contribution in [0, 0.1) is 0 Å². The van der Waals surface area contributed by atoms with Gasteiger partial charge in [0.2, 0.25) is 5.91 Å². The zero-order valence-electron chi connectivity index (χ0n) is 21.6. The van der Waals surface area contributed by atoms with Crippen molar-refractivity contribution in [3.8, 4) is 5.75 Å². The van der Waals surface area contributed by atoms with E-state index < -0.39 is 5.60 Å². The first-order chi connectivity index (χ1) is 17.6. The third-order valence-corrected chi connectivity index (χ3v) is 6.94. The normalized spacial score (nSPS) is 16.6. The van der Waals surface area contributed by atoms with Gasteiger partial charge >= 0.3 is 12.1 Å². The zero-order valence-corrected chi connectivity index (χ0v) is 23.2. The van der Waals surface area contributed by atoms with Gasteiger partial charge in [-0.25, -0.2) is 9.59 Å². The van der Waals surface area contributed by atoms with Crippen molar-refractivity contribution in [1.29, 1.82) is 0 Å². The number of rotatable bonds is 5. The molecule has 0 unspecified atom stereocenters. The number of urea groups is 1. The summed E-state index contributed by atoms with van der Waals surface area (Å²) >= 11 is 3.67. The number of benzene rings is 2. The highest BCUT2D eigenvalue weighted by Crippen LogP contribution is 2.33. The minimum atomic E-state index is -0.527. The number of carbonyl (C=O) groups excluding carboxylic acids is 3. The summed E-state index contributed by atoms with van der Waals surface area (Å²) in [5.41, 5.74) is 3.19. The van der Waals surface area contributed by atoms with Crippen LogP contribution in [0.5, 0.6) is 5.75 Å². The van der Waals surface area contributed by atoms with Gasteiger partial charge in [-0.2, -0.15) is 0 Å². The summed E-state index contributed by atoms with van der Waals surface area (Å²) < 4.78 is 11.5. The molecule has 2 aliphatic rings. The number of ether oxygens (including phenoxy) is 2. The van der Waals surface area contributed by atoms with E-state index >= 15 is 0 Å². The molecule has 1 fully saturated rings. The van der Waals surface area contributed by atoms with Crippen LogP contribution in [-0.2, 0) is 16.1 Å². The lowest BCUT2D eigenvalue weighted by Gasteiger charge is -2.34. The SMILES string of the molecule is COc1ccc(CN2C(=O)CCN(c3ccc(C4=CCN(C(=O)OC(C)(C)C)CC4)c(Br)c3)C2=O)cc1. The predicted octanol–water partition coefficient (Wildman–Crippen LogP) is 5.84. The van der Waals surface area contributed by atoms with Crippen LogP contribution in [0.2, 0.25) is 0 Å².